The van der Waals surface area contributed by atoms with Crippen LogP contribution in [-0.2, 0) is 14.0 Å². The predicted octanol–water partition coefficient (Wildman–Crippen LogP) is 2.71. The number of carbonyl (C=O) groups excluding carboxylic acids is 1. The van der Waals surface area contributed by atoms with Gasteiger partial charge in [0.15, 0.2) is 0 Å². The number of carbonyl (C=O) groups is 1. The van der Waals surface area contributed by atoms with Crippen molar-refractivity contribution < 1.29 is 18.8 Å². The largest absolute Gasteiger partial charge is 0.496 e. The quantitative estimate of drug-likeness (QED) is 0.636. The van der Waals surface area contributed by atoms with Gasteiger partial charge in [0.25, 0.3) is 0 Å². The number of hydrogen-bond acceptors (Lipinski definition) is 5. The van der Waals surface area contributed by atoms with Gasteiger partial charge in [-0.15, -0.1) is 11.3 Å². The van der Waals surface area contributed by atoms with E-state index in [9.17, 15) is 4.79 Å². The van der Waals surface area contributed by atoms with Gasteiger partial charge in [0.2, 0.25) is 0 Å². The van der Waals surface area contributed by atoms with Crippen LogP contribution in [0.5, 0.6) is 0 Å². The van der Waals surface area contributed by atoms with Crippen molar-refractivity contribution in [2.45, 2.75) is 57.7 Å². The summed E-state index contributed by atoms with van der Waals surface area (Å²) in [5.41, 5.74) is 0.263. The molecular formula is C15H21BO4S. The Morgan fingerprint density at radius 3 is 2.33 bits per heavy atom. The standard InChI is InChI=1S/C15H21BO4S/c1-14(2)15(3,4)20-16(19-14)10-8-11(13(17)18-5)21-12(10)9-6-7-9/h8-9H,6-7H2,1-5H3. The van der Waals surface area contributed by atoms with Crippen LogP contribution in [0.15, 0.2) is 6.07 Å². The van der Waals surface area contributed by atoms with E-state index in [0.29, 0.717) is 10.8 Å². The van der Waals surface area contributed by atoms with Gasteiger partial charge >= 0.3 is 13.1 Å². The van der Waals surface area contributed by atoms with E-state index in [0.717, 1.165) is 5.46 Å². The highest BCUT2D eigenvalue weighted by atomic mass is 32.1. The summed E-state index contributed by atoms with van der Waals surface area (Å²) in [6.07, 6.45) is 2.35. The average molecular weight is 308 g/mol. The molecule has 1 saturated carbocycles. The molecule has 0 amide bonds. The van der Waals surface area contributed by atoms with Gasteiger partial charge < -0.3 is 14.0 Å². The lowest BCUT2D eigenvalue weighted by molar-refractivity contribution is 0.00578. The number of ether oxygens (including phenoxy) is 1. The van der Waals surface area contributed by atoms with Gasteiger partial charge in [-0.1, -0.05) is 0 Å². The van der Waals surface area contributed by atoms with Gasteiger partial charge in [0, 0.05) is 4.88 Å². The Labute approximate surface area is 129 Å². The van der Waals surface area contributed by atoms with Crippen LogP contribution < -0.4 is 5.46 Å². The molecule has 1 aromatic rings. The van der Waals surface area contributed by atoms with Crippen molar-refractivity contribution in [3.63, 3.8) is 0 Å². The third-order valence-electron chi connectivity index (χ3n) is 4.63. The van der Waals surface area contributed by atoms with E-state index in [4.69, 9.17) is 14.0 Å². The molecule has 114 valence electrons. The highest BCUT2D eigenvalue weighted by molar-refractivity contribution is 7.15. The molecule has 4 nitrogen and oxygen atoms in total. The fourth-order valence-electron chi connectivity index (χ4n) is 2.44. The maximum Gasteiger partial charge on any atom is 0.496 e. The summed E-state index contributed by atoms with van der Waals surface area (Å²) in [4.78, 5) is 13.6. The molecule has 2 fully saturated rings. The molecule has 1 aliphatic carbocycles. The summed E-state index contributed by atoms with van der Waals surface area (Å²) in [6.45, 7) is 8.16. The first-order valence-electron chi connectivity index (χ1n) is 7.33. The minimum Gasteiger partial charge on any atom is -0.465 e. The highest BCUT2D eigenvalue weighted by Crippen LogP contribution is 2.44. The van der Waals surface area contributed by atoms with Gasteiger partial charge in [-0.3, -0.25) is 0 Å². The summed E-state index contributed by atoms with van der Waals surface area (Å²) in [6, 6.07) is 1.88. The molecule has 6 heteroatoms. The van der Waals surface area contributed by atoms with E-state index in [1.165, 1.54) is 36.2 Å². The van der Waals surface area contributed by atoms with Crippen molar-refractivity contribution in [3.05, 3.63) is 15.8 Å². The van der Waals surface area contributed by atoms with Gasteiger partial charge in [-0.2, -0.15) is 0 Å². The topological polar surface area (TPSA) is 44.8 Å². The van der Waals surface area contributed by atoms with E-state index >= 15 is 0 Å². The fourth-order valence-corrected chi connectivity index (χ4v) is 3.70. The zero-order valence-electron chi connectivity index (χ0n) is 13.2. The van der Waals surface area contributed by atoms with Crippen LogP contribution in [0.25, 0.3) is 0 Å². The Morgan fingerprint density at radius 2 is 1.86 bits per heavy atom. The highest BCUT2D eigenvalue weighted by Gasteiger charge is 2.53. The summed E-state index contributed by atoms with van der Waals surface area (Å²) >= 11 is 1.52. The normalized spacial score (nSPS) is 23.4. The van der Waals surface area contributed by atoms with Crippen LogP contribution in [0.4, 0.5) is 0 Å². The average Bonchev–Trinajstić information content (AvgIpc) is 3.10. The third-order valence-corrected chi connectivity index (χ3v) is 5.93. The molecule has 1 aromatic heterocycles. The molecule has 3 rings (SSSR count). The maximum atomic E-state index is 11.8. The fraction of sp³-hybridized carbons (Fsp3) is 0.667. The number of thiophene rings is 1. The van der Waals surface area contributed by atoms with Crippen molar-refractivity contribution in [1.29, 1.82) is 0 Å². The first-order valence-corrected chi connectivity index (χ1v) is 8.14. The van der Waals surface area contributed by atoms with Crippen molar-refractivity contribution in [2.24, 2.45) is 0 Å². The van der Waals surface area contributed by atoms with Gasteiger partial charge in [0.1, 0.15) is 4.88 Å². The Balaban J connectivity index is 1.95. The lowest BCUT2D eigenvalue weighted by atomic mass is 9.78. The molecule has 1 saturated heterocycles. The predicted molar refractivity (Wildman–Crippen MR) is 83.3 cm³/mol. The smallest absolute Gasteiger partial charge is 0.465 e. The molecule has 0 spiro atoms. The Morgan fingerprint density at radius 1 is 1.29 bits per heavy atom. The van der Waals surface area contributed by atoms with Crippen molar-refractivity contribution in [3.8, 4) is 0 Å². The van der Waals surface area contributed by atoms with Crippen LogP contribution in [0.2, 0.25) is 0 Å². The lowest BCUT2D eigenvalue weighted by Gasteiger charge is -2.32. The van der Waals surface area contributed by atoms with Crippen molar-refractivity contribution >= 4 is 29.9 Å². The van der Waals surface area contributed by atoms with E-state index in [-0.39, 0.29) is 17.2 Å². The minimum atomic E-state index is -0.403. The number of esters is 1. The molecule has 0 radical (unpaired) electrons. The van der Waals surface area contributed by atoms with Crippen LogP contribution in [0.3, 0.4) is 0 Å². The first kappa shape index (κ1) is 15.1. The molecule has 2 aliphatic rings. The molecule has 0 unspecified atom stereocenters. The molecule has 2 heterocycles. The van der Waals surface area contributed by atoms with E-state index in [1.807, 2.05) is 33.8 Å². The Bertz CT molecular complexity index is 558. The molecule has 1 aliphatic heterocycles. The van der Waals surface area contributed by atoms with Crippen molar-refractivity contribution in [1.82, 2.24) is 0 Å². The Hall–Kier alpha value is -0.845. The zero-order chi connectivity index (χ0) is 15.4. The second-order valence-electron chi connectivity index (χ2n) is 6.78. The van der Waals surface area contributed by atoms with Gasteiger partial charge in [-0.05, 0) is 58.0 Å². The van der Waals surface area contributed by atoms with Crippen LogP contribution in [-0.4, -0.2) is 31.4 Å². The second-order valence-corrected chi connectivity index (χ2v) is 7.87. The lowest BCUT2D eigenvalue weighted by Crippen LogP contribution is -2.41. The summed E-state index contributed by atoms with van der Waals surface area (Å²) < 4.78 is 17.1. The maximum absolute atomic E-state index is 11.8. The first-order chi connectivity index (χ1) is 9.75. The van der Waals surface area contributed by atoms with Crippen LogP contribution in [0.1, 0.15) is 61.0 Å². The molecular weight excluding hydrogens is 287 g/mol. The monoisotopic (exact) mass is 308 g/mol. The Kier molecular flexibility index (Phi) is 3.47. The summed E-state index contributed by atoms with van der Waals surface area (Å²) in [5, 5.41) is 0. The zero-order valence-corrected chi connectivity index (χ0v) is 14.0. The van der Waals surface area contributed by atoms with Crippen LogP contribution in [0, 0.1) is 0 Å². The molecule has 0 N–H and O–H groups in total. The molecule has 0 bridgehead atoms. The van der Waals surface area contributed by atoms with E-state index < -0.39 is 7.12 Å². The summed E-state index contributed by atoms with van der Waals surface area (Å²) in [5.74, 6) is 0.257. The second kappa shape index (κ2) is 4.83. The molecule has 21 heavy (non-hydrogen) atoms. The van der Waals surface area contributed by atoms with Crippen molar-refractivity contribution in [2.75, 3.05) is 7.11 Å². The number of rotatable bonds is 3. The third kappa shape index (κ3) is 2.54. The number of hydrogen-bond donors (Lipinski definition) is 0. The van der Waals surface area contributed by atoms with Gasteiger partial charge in [-0.25, -0.2) is 4.79 Å². The van der Waals surface area contributed by atoms with E-state index in [2.05, 4.69) is 0 Å². The summed E-state index contributed by atoms with van der Waals surface area (Å²) in [7, 11) is 1.01. The van der Waals surface area contributed by atoms with E-state index in [1.54, 1.807) is 0 Å². The molecule has 0 aromatic carbocycles. The number of methoxy groups -OCH3 is 1. The minimum absolute atomic E-state index is 0.287. The SMILES string of the molecule is COC(=O)c1cc(B2OC(C)(C)C(C)(C)O2)c(C2CC2)s1. The molecule has 0 atom stereocenters. The van der Waals surface area contributed by atoms with Crippen LogP contribution >= 0.6 is 11.3 Å². The van der Waals surface area contributed by atoms with Gasteiger partial charge in [0.05, 0.1) is 18.3 Å².